The predicted molar refractivity (Wildman–Crippen MR) is 39.0 cm³/mol. The zero-order valence-electron chi connectivity index (χ0n) is 5.92. The van der Waals surface area contributed by atoms with Crippen molar-refractivity contribution in [2.45, 2.75) is 6.42 Å². The van der Waals surface area contributed by atoms with Crippen LogP contribution in [0, 0.1) is 11.8 Å². The average Bonchev–Trinajstić information content (AvgIpc) is 2.71. The molecule has 0 N–H and O–H groups in total. The Balaban J connectivity index is 2.11. The maximum Gasteiger partial charge on any atom is 0.233 e. The molecule has 11 heavy (non-hydrogen) atoms. The highest BCUT2D eigenvalue weighted by atomic mass is 35.5. The van der Waals surface area contributed by atoms with Crippen molar-refractivity contribution in [2.24, 2.45) is 11.8 Å². The van der Waals surface area contributed by atoms with Gasteiger partial charge in [-0.05, 0) is 6.42 Å². The van der Waals surface area contributed by atoms with Crippen molar-refractivity contribution in [3.63, 3.8) is 0 Å². The molecule has 0 aromatic heterocycles. The van der Waals surface area contributed by atoms with E-state index >= 15 is 0 Å². The van der Waals surface area contributed by atoms with E-state index in [-0.39, 0.29) is 23.7 Å². The van der Waals surface area contributed by atoms with Gasteiger partial charge >= 0.3 is 0 Å². The molecule has 1 heterocycles. The topological polar surface area (TPSA) is 37.4 Å². The molecule has 1 saturated heterocycles. The van der Waals surface area contributed by atoms with Crippen LogP contribution in [0.25, 0.3) is 0 Å². The predicted octanol–water partition coefficient (Wildman–Crippen LogP) is 0.230. The molecule has 3 nitrogen and oxygen atoms in total. The summed E-state index contributed by atoms with van der Waals surface area (Å²) in [4.78, 5) is 23.7. The highest BCUT2D eigenvalue weighted by Gasteiger charge is 2.58. The molecule has 2 amide bonds. The number of piperidine rings is 1. The molecule has 0 spiro atoms. The van der Waals surface area contributed by atoms with Crippen LogP contribution in [0.3, 0.4) is 0 Å². The lowest BCUT2D eigenvalue weighted by Gasteiger charge is -2.13. The summed E-state index contributed by atoms with van der Waals surface area (Å²) >= 11 is 5.43. The largest absolute Gasteiger partial charge is 0.281 e. The Hall–Kier alpha value is -0.570. The van der Waals surface area contributed by atoms with Gasteiger partial charge in [-0.2, -0.15) is 0 Å². The summed E-state index contributed by atoms with van der Waals surface area (Å²) in [6.45, 7) is 0.381. The lowest BCUT2D eigenvalue weighted by molar-refractivity contribution is -0.140. The van der Waals surface area contributed by atoms with E-state index < -0.39 is 0 Å². The first-order valence-electron chi connectivity index (χ1n) is 3.67. The van der Waals surface area contributed by atoms with E-state index in [0.717, 1.165) is 6.42 Å². The van der Waals surface area contributed by atoms with Crippen molar-refractivity contribution >= 4 is 23.4 Å². The average molecular weight is 174 g/mol. The van der Waals surface area contributed by atoms with E-state index in [9.17, 15) is 9.59 Å². The van der Waals surface area contributed by atoms with Crippen LogP contribution in [0.15, 0.2) is 0 Å². The second kappa shape index (κ2) is 2.21. The zero-order valence-corrected chi connectivity index (χ0v) is 6.67. The molecule has 4 heteroatoms. The number of nitrogens with zero attached hydrogens (tertiary/aromatic N) is 1. The SMILES string of the molecule is O=C1C2CC2C(=O)N1CCCl. The summed E-state index contributed by atoms with van der Waals surface area (Å²) in [5.41, 5.74) is 0. The minimum atomic E-state index is -0.0133. The maximum atomic E-state index is 11.2. The van der Waals surface area contributed by atoms with Crippen LogP contribution >= 0.6 is 11.6 Å². The quantitative estimate of drug-likeness (QED) is 0.443. The molecule has 2 aliphatic rings. The van der Waals surface area contributed by atoms with Crippen molar-refractivity contribution in [2.75, 3.05) is 12.4 Å². The second-order valence-corrected chi connectivity index (χ2v) is 3.34. The van der Waals surface area contributed by atoms with E-state index in [2.05, 4.69) is 0 Å². The van der Waals surface area contributed by atoms with E-state index in [4.69, 9.17) is 11.6 Å². The van der Waals surface area contributed by atoms with Crippen LogP contribution in [0.2, 0.25) is 0 Å². The fourth-order valence-electron chi connectivity index (χ4n) is 1.55. The Labute approximate surface area is 69.3 Å². The molecular formula is C7H8ClNO2. The zero-order chi connectivity index (χ0) is 8.01. The maximum absolute atomic E-state index is 11.2. The van der Waals surface area contributed by atoms with Crippen molar-refractivity contribution in [1.29, 1.82) is 0 Å². The van der Waals surface area contributed by atoms with Crippen LogP contribution < -0.4 is 0 Å². The number of carbonyl (C=O) groups is 2. The summed E-state index contributed by atoms with van der Waals surface area (Å²) < 4.78 is 0. The van der Waals surface area contributed by atoms with Crippen molar-refractivity contribution < 1.29 is 9.59 Å². The Morgan fingerprint density at radius 2 is 1.91 bits per heavy atom. The van der Waals surface area contributed by atoms with Gasteiger partial charge in [-0.1, -0.05) is 0 Å². The number of imide groups is 1. The highest BCUT2D eigenvalue weighted by molar-refractivity contribution is 6.18. The van der Waals surface area contributed by atoms with Crippen LogP contribution in [0.1, 0.15) is 6.42 Å². The molecule has 60 valence electrons. The smallest absolute Gasteiger partial charge is 0.233 e. The molecule has 2 unspecified atom stereocenters. The van der Waals surface area contributed by atoms with Gasteiger partial charge in [0.15, 0.2) is 0 Å². The summed E-state index contributed by atoms with van der Waals surface area (Å²) in [5, 5.41) is 0. The molecule has 0 aromatic rings. The second-order valence-electron chi connectivity index (χ2n) is 2.97. The van der Waals surface area contributed by atoms with Gasteiger partial charge in [-0.15, -0.1) is 11.6 Å². The fraction of sp³-hybridized carbons (Fsp3) is 0.714. The minimum Gasteiger partial charge on any atom is -0.281 e. The molecule has 0 radical (unpaired) electrons. The first-order valence-corrected chi connectivity index (χ1v) is 4.20. The third-order valence-corrected chi connectivity index (χ3v) is 2.43. The number of halogens is 1. The first-order chi connectivity index (χ1) is 5.25. The first kappa shape index (κ1) is 7.10. The lowest BCUT2D eigenvalue weighted by Crippen LogP contribution is -2.34. The van der Waals surface area contributed by atoms with Gasteiger partial charge < -0.3 is 0 Å². The number of alkyl halides is 1. The van der Waals surface area contributed by atoms with Crippen molar-refractivity contribution in [3.8, 4) is 0 Å². The molecule has 1 aliphatic heterocycles. The van der Waals surface area contributed by atoms with E-state index in [1.54, 1.807) is 0 Å². The van der Waals surface area contributed by atoms with Gasteiger partial charge in [0.05, 0.1) is 11.8 Å². The van der Waals surface area contributed by atoms with Gasteiger partial charge in [0.2, 0.25) is 11.8 Å². The third-order valence-electron chi connectivity index (χ3n) is 2.27. The van der Waals surface area contributed by atoms with Gasteiger partial charge in [-0.3, -0.25) is 14.5 Å². The van der Waals surface area contributed by atoms with Crippen LogP contribution in [-0.2, 0) is 9.59 Å². The van der Waals surface area contributed by atoms with Gasteiger partial charge in [-0.25, -0.2) is 0 Å². The molecule has 2 atom stereocenters. The van der Waals surface area contributed by atoms with Crippen LogP contribution in [-0.4, -0.2) is 29.1 Å². The minimum absolute atomic E-state index is 0.0133. The van der Waals surface area contributed by atoms with E-state index in [0.29, 0.717) is 12.4 Å². The number of rotatable bonds is 2. The number of likely N-dealkylation sites (tertiary alicyclic amines) is 1. The number of hydrogen-bond donors (Lipinski definition) is 0. The number of fused-ring (bicyclic) bond motifs is 1. The van der Waals surface area contributed by atoms with Crippen molar-refractivity contribution in [3.05, 3.63) is 0 Å². The molecule has 2 rings (SSSR count). The molecule has 1 saturated carbocycles. The molecule has 0 aromatic carbocycles. The Kier molecular flexibility index (Phi) is 1.42. The lowest BCUT2D eigenvalue weighted by atomic mass is 10.4. The molecule has 2 fully saturated rings. The normalized spacial score (nSPS) is 34.5. The van der Waals surface area contributed by atoms with Crippen LogP contribution in [0.4, 0.5) is 0 Å². The molecule has 1 aliphatic carbocycles. The molecule has 0 bridgehead atoms. The highest BCUT2D eigenvalue weighted by Crippen LogP contribution is 2.46. The Morgan fingerprint density at radius 1 is 1.36 bits per heavy atom. The van der Waals surface area contributed by atoms with Gasteiger partial charge in [0.1, 0.15) is 0 Å². The summed E-state index contributed by atoms with van der Waals surface area (Å²) in [5.74, 6) is 0.356. The summed E-state index contributed by atoms with van der Waals surface area (Å²) in [6.07, 6.45) is 0.774. The van der Waals surface area contributed by atoms with Gasteiger partial charge in [0, 0.05) is 12.4 Å². The number of carbonyl (C=O) groups excluding carboxylic acids is 2. The number of hydrogen-bond acceptors (Lipinski definition) is 2. The molecular weight excluding hydrogens is 166 g/mol. The monoisotopic (exact) mass is 173 g/mol. The van der Waals surface area contributed by atoms with Gasteiger partial charge in [0.25, 0.3) is 0 Å². The standard InChI is InChI=1S/C7H8ClNO2/c8-1-2-9-6(10)4-3-5(4)7(9)11/h4-5H,1-3H2. The van der Waals surface area contributed by atoms with Crippen LogP contribution in [0.5, 0.6) is 0 Å². The van der Waals surface area contributed by atoms with Crippen molar-refractivity contribution in [1.82, 2.24) is 4.90 Å². The summed E-state index contributed by atoms with van der Waals surface area (Å²) in [6, 6.07) is 0. The van der Waals surface area contributed by atoms with E-state index in [1.807, 2.05) is 0 Å². The Bertz CT molecular complexity index is 208. The fourth-order valence-corrected chi connectivity index (χ4v) is 1.72. The third kappa shape index (κ3) is 0.872. The summed E-state index contributed by atoms with van der Waals surface area (Å²) in [7, 11) is 0. The number of amides is 2. The Morgan fingerprint density at radius 3 is 2.36 bits per heavy atom. The van der Waals surface area contributed by atoms with E-state index in [1.165, 1.54) is 4.90 Å².